The van der Waals surface area contributed by atoms with Gasteiger partial charge in [0.2, 0.25) is 0 Å². The highest BCUT2D eigenvalue weighted by molar-refractivity contribution is 5.97. The molecule has 248 valence electrons. The van der Waals surface area contributed by atoms with Gasteiger partial charge in [0, 0.05) is 17.1 Å². The minimum atomic E-state index is -5.14. The smallest absolute Gasteiger partial charge is 0.343 e. The van der Waals surface area contributed by atoms with E-state index < -0.39 is 52.1 Å². The van der Waals surface area contributed by atoms with Crippen molar-refractivity contribution in [3.63, 3.8) is 0 Å². The number of rotatable bonds is 8. The maximum atomic E-state index is 13.6. The average molecular weight is 639 g/mol. The maximum absolute atomic E-state index is 13.6. The molecular weight excluding hydrogens is 594 g/mol. The van der Waals surface area contributed by atoms with Crippen molar-refractivity contribution in [1.29, 1.82) is 0 Å². The van der Waals surface area contributed by atoms with Crippen LogP contribution in [0.15, 0.2) is 72.8 Å². The topological polar surface area (TPSA) is 61.6 Å². The van der Waals surface area contributed by atoms with E-state index in [1.165, 1.54) is 5.56 Å². The van der Waals surface area contributed by atoms with Gasteiger partial charge in [-0.1, -0.05) is 60.7 Å². The number of benzene rings is 3. The lowest BCUT2D eigenvalue weighted by molar-refractivity contribution is -0.143. The summed E-state index contributed by atoms with van der Waals surface area (Å²) in [6.45, 7) is 8.98. The molecule has 0 fully saturated rings. The Hall–Kier alpha value is -3.41. The first kappa shape index (κ1) is 37.8. The van der Waals surface area contributed by atoms with Crippen molar-refractivity contribution in [2.75, 3.05) is 28.2 Å². The summed E-state index contributed by atoms with van der Waals surface area (Å²) < 4.78 is 80.1. The molecule has 3 N–H and O–H groups in total. The number of nitrogens with two attached hydrogens (primary N) is 1. The Morgan fingerprint density at radius 3 is 1.56 bits per heavy atom. The minimum absolute atomic E-state index is 0.0173. The second-order valence-corrected chi connectivity index (χ2v) is 12.5. The lowest BCUT2D eigenvalue weighted by Crippen LogP contribution is -2.51. The summed E-state index contributed by atoms with van der Waals surface area (Å²) in [5, 5.41) is 2.62. The molecule has 0 bridgehead atoms. The van der Waals surface area contributed by atoms with Crippen molar-refractivity contribution in [2.24, 2.45) is 5.73 Å². The van der Waals surface area contributed by atoms with Gasteiger partial charge in [-0.3, -0.25) is 4.79 Å². The van der Waals surface area contributed by atoms with Crippen LogP contribution in [0.2, 0.25) is 0 Å². The molecule has 0 saturated carbocycles. The Balaban J connectivity index is 0.000000420. The summed E-state index contributed by atoms with van der Waals surface area (Å²) in [5.41, 5.74) is 3.00. The Kier molecular flexibility index (Phi) is 12.0. The van der Waals surface area contributed by atoms with Crippen LogP contribution >= 0.6 is 0 Å². The van der Waals surface area contributed by atoms with E-state index >= 15 is 0 Å². The number of aryl methyl sites for hydroxylation is 1. The Labute approximate surface area is 262 Å². The van der Waals surface area contributed by atoms with E-state index in [1.54, 1.807) is 63.2 Å². The molecule has 0 spiro atoms. The molecule has 0 aliphatic carbocycles. The normalized spacial score (nSPS) is 14.1. The molecule has 11 heteroatoms. The van der Waals surface area contributed by atoms with E-state index in [9.17, 15) is 31.1 Å². The number of carbonyl (C=O) groups is 1. The van der Waals surface area contributed by atoms with Crippen LogP contribution in [0.4, 0.5) is 26.3 Å². The number of amides is 1. The molecule has 0 heterocycles. The number of alkyl halides is 6. The van der Waals surface area contributed by atoms with Crippen LogP contribution in [0.5, 0.6) is 0 Å². The van der Waals surface area contributed by atoms with Crippen LogP contribution in [0.1, 0.15) is 78.0 Å². The monoisotopic (exact) mass is 638 g/mol. The van der Waals surface area contributed by atoms with Crippen molar-refractivity contribution in [2.45, 2.75) is 70.1 Å². The van der Waals surface area contributed by atoms with Crippen molar-refractivity contribution in [3.8, 4) is 0 Å². The quantitative estimate of drug-likeness (QED) is 0.247. The maximum Gasteiger partial charge on any atom is 0.417 e. The summed E-state index contributed by atoms with van der Waals surface area (Å²) in [6.07, 6.45) is -10.1. The molecule has 0 aromatic heterocycles. The van der Waals surface area contributed by atoms with E-state index in [2.05, 4.69) is 50.3 Å². The lowest BCUT2D eigenvalue weighted by atomic mass is 9.86. The highest BCUT2D eigenvalue weighted by atomic mass is 19.4. The van der Waals surface area contributed by atoms with Crippen LogP contribution < -0.4 is 11.1 Å². The van der Waals surface area contributed by atoms with Gasteiger partial charge in [0.05, 0.1) is 22.7 Å². The zero-order chi connectivity index (χ0) is 34.5. The van der Waals surface area contributed by atoms with Gasteiger partial charge in [0.15, 0.2) is 0 Å². The van der Waals surface area contributed by atoms with Crippen molar-refractivity contribution >= 4 is 5.91 Å². The number of nitrogens with one attached hydrogen (secondary N) is 1. The number of likely N-dealkylation sites (N-methyl/N-ethyl adjacent to an activating group) is 2. The average Bonchev–Trinajstić information content (AvgIpc) is 2.95. The van der Waals surface area contributed by atoms with Crippen LogP contribution in [0.25, 0.3) is 0 Å². The Morgan fingerprint density at radius 1 is 0.711 bits per heavy atom. The third kappa shape index (κ3) is 9.31. The van der Waals surface area contributed by atoms with E-state index in [1.807, 2.05) is 18.2 Å². The predicted octanol–water partition coefficient (Wildman–Crippen LogP) is 7.87. The summed E-state index contributed by atoms with van der Waals surface area (Å²) in [4.78, 5) is 17.0. The molecule has 3 aromatic carbocycles. The first-order valence-electron chi connectivity index (χ1n) is 14.3. The molecule has 2 unspecified atom stereocenters. The fourth-order valence-electron chi connectivity index (χ4n) is 4.60. The molecule has 5 nitrogen and oxygen atoms in total. The van der Waals surface area contributed by atoms with E-state index in [4.69, 9.17) is 5.73 Å². The molecule has 0 saturated heterocycles. The lowest BCUT2D eigenvalue weighted by Gasteiger charge is -2.41. The number of hydrogen-bond donors (Lipinski definition) is 2. The summed E-state index contributed by atoms with van der Waals surface area (Å²) in [5.74, 6) is -1.10. The van der Waals surface area contributed by atoms with Gasteiger partial charge in [-0.25, -0.2) is 0 Å². The standard InChI is InChI=1S/C22H24F6N2O.C12H20N2/c1-13-11-15(21(23,24)25)12-16(22(26,27)28)17(13)19(31)29-18(20(2,3)30(4)5)14-9-7-6-8-10-14;1-12(2,14(3)4)11(13)10-8-6-5-7-9-10/h6-12,18H,1-5H3,(H,29,31);5-9,11H,13H2,1-4H3. The molecule has 0 aliphatic heterocycles. The van der Waals surface area contributed by atoms with Crippen LogP contribution in [-0.2, 0) is 12.4 Å². The third-order valence-electron chi connectivity index (χ3n) is 8.54. The van der Waals surface area contributed by atoms with Crippen LogP contribution in [0, 0.1) is 6.92 Å². The van der Waals surface area contributed by atoms with Crippen molar-refractivity contribution in [1.82, 2.24) is 15.1 Å². The van der Waals surface area contributed by atoms with Crippen molar-refractivity contribution < 1.29 is 31.1 Å². The summed E-state index contributed by atoms with van der Waals surface area (Å²) in [7, 11) is 7.63. The third-order valence-corrected chi connectivity index (χ3v) is 8.54. The van der Waals surface area contributed by atoms with Gasteiger partial charge in [0.25, 0.3) is 5.91 Å². The fourth-order valence-corrected chi connectivity index (χ4v) is 4.60. The largest absolute Gasteiger partial charge is 0.417 e. The highest BCUT2D eigenvalue weighted by Crippen LogP contribution is 2.39. The second-order valence-electron chi connectivity index (χ2n) is 12.5. The molecule has 1 amide bonds. The molecule has 45 heavy (non-hydrogen) atoms. The number of hydrogen-bond acceptors (Lipinski definition) is 4. The summed E-state index contributed by atoms with van der Waals surface area (Å²) >= 11 is 0. The molecule has 2 atom stereocenters. The zero-order valence-electron chi connectivity index (χ0n) is 27.2. The van der Waals surface area contributed by atoms with Crippen LogP contribution in [-0.4, -0.2) is 55.0 Å². The van der Waals surface area contributed by atoms with Gasteiger partial charge in [0.1, 0.15) is 0 Å². The van der Waals surface area contributed by atoms with Gasteiger partial charge in [-0.2, -0.15) is 26.3 Å². The van der Waals surface area contributed by atoms with Crippen LogP contribution in [0.3, 0.4) is 0 Å². The zero-order valence-corrected chi connectivity index (χ0v) is 27.2. The SMILES string of the molecule is CN(C)C(C)(C)C(N)c1ccccc1.Cc1cc(C(F)(F)F)cc(C(F)(F)F)c1C(=O)NC(c1ccccc1)C(C)(C)N(C)C. The van der Waals surface area contributed by atoms with E-state index in [-0.39, 0.29) is 17.6 Å². The Morgan fingerprint density at radius 2 is 1.16 bits per heavy atom. The van der Waals surface area contributed by atoms with Gasteiger partial charge >= 0.3 is 12.4 Å². The van der Waals surface area contributed by atoms with Gasteiger partial charge in [-0.15, -0.1) is 0 Å². The van der Waals surface area contributed by atoms with E-state index in [0.717, 1.165) is 6.92 Å². The Bertz CT molecular complexity index is 1400. The molecule has 0 radical (unpaired) electrons. The first-order chi connectivity index (χ1) is 20.5. The number of halogens is 6. The molecule has 3 rings (SSSR count). The van der Waals surface area contributed by atoms with Crippen molar-refractivity contribution in [3.05, 3.63) is 106 Å². The molecule has 0 aliphatic rings. The molecular formula is C34H44F6N4O. The number of carbonyl (C=O) groups excluding carboxylic acids is 1. The second kappa shape index (κ2) is 14.3. The van der Waals surface area contributed by atoms with Gasteiger partial charge < -0.3 is 20.9 Å². The predicted molar refractivity (Wildman–Crippen MR) is 167 cm³/mol. The number of nitrogens with zero attached hydrogens (tertiary/aromatic N) is 2. The summed E-state index contributed by atoms with van der Waals surface area (Å²) in [6, 6.07) is 18.7. The molecule has 3 aromatic rings. The minimum Gasteiger partial charge on any atom is -0.343 e. The van der Waals surface area contributed by atoms with Gasteiger partial charge in [-0.05, 0) is 91.6 Å². The first-order valence-corrected chi connectivity index (χ1v) is 14.3. The fraction of sp³-hybridized carbons (Fsp3) is 0.441. The highest BCUT2D eigenvalue weighted by Gasteiger charge is 2.42. The van der Waals surface area contributed by atoms with E-state index in [0.29, 0.717) is 11.6 Å².